The Morgan fingerprint density at radius 1 is 1.22 bits per heavy atom. The van der Waals surface area contributed by atoms with Gasteiger partial charge in [-0.15, -0.1) is 0 Å². The molecule has 0 radical (unpaired) electrons. The number of hydrogen-bond acceptors (Lipinski definition) is 3. The van der Waals surface area contributed by atoms with Crippen LogP contribution in [0.3, 0.4) is 0 Å². The standard InChI is InChI=1S/C15H30N2O/c1-4-7-16-15-11-18-10-14(15)9-17-8-12(2)5-6-13(17)3/h12-16H,4-11H2,1-3H3. The van der Waals surface area contributed by atoms with E-state index in [1.807, 2.05) is 0 Å². The van der Waals surface area contributed by atoms with E-state index in [2.05, 4.69) is 31.0 Å². The number of likely N-dealkylation sites (tertiary alicyclic amines) is 1. The summed E-state index contributed by atoms with van der Waals surface area (Å²) in [6.45, 7) is 12.5. The minimum atomic E-state index is 0.578. The van der Waals surface area contributed by atoms with Gasteiger partial charge in [-0.3, -0.25) is 4.90 Å². The van der Waals surface area contributed by atoms with Gasteiger partial charge < -0.3 is 10.1 Å². The van der Waals surface area contributed by atoms with E-state index in [9.17, 15) is 0 Å². The Hall–Kier alpha value is -0.120. The molecule has 3 heteroatoms. The second-order valence-corrected chi connectivity index (χ2v) is 6.34. The Labute approximate surface area is 112 Å². The van der Waals surface area contributed by atoms with Gasteiger partial charge in [-0.25, -0.2) is 0 Å². The summed E-state index contributed by atoms with van der Waals surface area (Å²) in [5.74, 6) is 1.55. The summed E-state index contributed by atoms with van der Waals surface area (Å²) < 4.78 is 5.68. The maximum Gasteiger partial charge on any atom is 0.0623 e. The first-order chi connectivity index (χ1) is 8.70. The van der Waals surface area contributed by atoms with Gasteiger partial charge in [-0.1, -0.05) is 13.8 Å². The molecular weight excluding hydrogens is 224 g/mol. The summed E-state index contributed by atoms with van der Waals surface area (Å²) in [6.07, 6.45) is 3.97. The molecule has 3 nitrogen and oxygen atoms in total. The molecule has 0 saturated carbocycles. The molecule has 1 N–H and O–H groups in total. The molecule has 0 aromatic rings. The van der Waals surface area contributed by atoms with Crippen molar-refractivity contribution in [2.24, 2.45) is 11.8 Å². The third-order valence-corrected chi connectivity index (χ3v) is 4.57. The molecule has 18 heavy (non-hydrogen) atoms. The molecule has 2 rings (SSSR count). The fourth-order valence-corrected chi connectivity index (χ4v) is 3.27. The minimum absolute atomic E-state index is 0.578. The molecule has 0 bridgehead atoms. The van der Waals surface area contributed by atoms with Crippen LogP contribution in [0.2, 0.25) is 0 Å². The van der Waals surface area contributed by atoms with E-state index in [1.165, 1.54) is 32.4 Å². The van der Waals surface area contributed by atoms with Crippen LogP contribution in [-0.2, 0) is 4.74 Å². The van der Waals surface area contributed by atoms with Crippen molar-refractivity contribution in [2.75, 3.05) is 32.8 Å². The van der Waals surface area contributed by atoms with E-state index in [-0.39, 0.29) is 0 Å². The maximum absolute atomic E-state index is 5.68. The molecule has 2 aliphatic rings. The van der Waals surface area contributed by atoms with Crippen LogP contribution in [0.25, 0.3) is 0 Å². The van der Waals surface area contributed by atoms with Crippen LogP contribution in [0.1, 0.15) is 40.0 Å². The van der Waals surface area contributed by atoms with Crippen molar-refractivity contribution in [3.8, 4) is 0 Å². The van der Waals surface area contributed by atoms with Crippen LogP contribution in [-0.4, -0.2) is 49.8 Å². The Morgan fingerprint density at radius 3 is 2.83 bits per heavy atom. The van der Waals surface area contributed by atoms with Gasteiger partial charge in [0.2, 0.25) is 0 Å². The number of rotatable bonds is 5. The summed E-state index contributed by atoms with van der Waals surface area (Å²) >= 11 is 0. The van der Waals surface area contributed by atoms with E-state index < -0.39 is 0 Å². The zero-order valence-electron chi connectivity index (χ0n) is 12.3. The average molecular weight is 254 g/mol. The lowest BCUT2D eigenvalue weighted by molar-refractivity contribution is 0.0953. The van der Waals surface area contributed by atoms with Gasteiger partial charge in [0.15, 0.2) is 0 Å². The first-order valence-corrected chi connectivity index (χ1v) is 7.75. The topological polar surface area (TPSA) is 24.5 Å². The van der Waals surface area contributed by atoms with Crippen molar-refractivity contribution in [2.45, 2.75) is 52.1 Å². The summed E-state index contributed by atoms with van der Waals surface area (Å²) in [7, 11) is 0. The quantitative estimate of drug-likeness (QED) is 0.813. The minimum Gasteiger partial charge on any atom is -0.379 e. The normalized spacial score (nSPS) is 38.2. The summed E-state index contributed by atoms with van der Waals surface area (Å²) in [5, 5.41) is 3.65. The third kappa shape index (κ3) is 3.69. The lowest BCUT2D eigenvalue weighted by atomic mass is 9.93. The van der Waals surface area contributed by atoms with Crippen molar-refractivity contribution in [1.82, 2.24) is 10.2 Å². The molecule has 0 spiro atoms. The molecule has 2 saturated heterocycles. The molecule has 0 aliphatic carbocycles. The van der Waals surface area contributed by atoms with Crippen LogP contribution in [0.5, 0.6) is 0 Å². The molecule has 2 heterocycles. The Balaban J connectivity index is 1.83. The number of hydrogen-bond donors (Lipinski definition) is 1. The van der Waals surface area contributed by atoms with E-state index in [1.54, 1.807) is 0 Å². The number of nitrogens with one attached hydrogen (secondary N) is 1. The van der Waals surface area contributed by atoms with Crippen LogP contribution in [0.4, 0.5) is 0 Å². The predicted octanol–water partition coefficient (Wildman–Crippen LogP) is 2.12. The summed E-state index contributed by atoms with van der Waals surface area (Å²) in [6, 6.07) is 1.34. The van der Waals surface area contributed by atoms with Crippen LogP contribution >= 0.6 is 0 Å². The predicted molar refractivity (Wildman–Crippen MR) is 75.8 cm³/mol. The molecule has 0 aromatic heterocycles. The van der Waals surface area contributed by atoms with Crippen molar-refractivity contribution in [1.29, 1.82) is 0 Å². The van der Waals surface area contributed by atoms with E-state index >= 15 is 0 Å². The number of ether oxygens (including phenoxy) is 1. The Bertz CT molecular complexity index is 247. The molecule has 106 valence electrons. The smallest absolute Gasteiger partial charge is 0.0623 e. The van der Waals surface area contributed by atoms with Crippen LogP contribution < -0.4 is 5.32 Å². The van der Waals surface area contributed by atoms with Gasteiger partial charge in [-0.2, -0.15) is 0 Å². The lowest BCUT2D eigenvalue weighted by Gasteiger charge is -2.39. The molecule has 0 amide bonds. The molecular formula is C15H30N2O. The van der Waals surface area contributed by atoms with Crippen LogP contribution in [0.15, 0.2) is 0 Å². The maximum atomic E-state index is 5.68. The van der Waals surface area contributed by atoms with E-state index in [0.29, 0.717) is 12.0 Å². The van der Waals surface area contributed by atoms with Crippen molar-refractivity contribution in [3.05, 3.63) is 0 Å². The largest absolute Gasteiger partial charge is 0.379 e. The Kier molecular flexibility index (Phi) is 5.46. The van der Waals surface area contributed by atoms with Gasteiger partial charge >= 0.3 is 0 Å². The number of piperidine rings is 1. The zero-order chi connectivity index (χ0) is 13.0. The average Bonchev–Trinajstić information content (AvgIpc) is 2.79. The lowest BCUT2D eigenvalue weighted by Crippen LogP contribution is -2.47. The molecule has 2 aliphatic heterocycles. The van der Waals surface area contributed by atoms with Gasteiger partial charge in [0.1, 0.15) is 0 Å². The summed E-state index contributed by atoms with van der Waals surface area (Å²) in [5.41, 5.74) is 0. The summed E-state index contributed by atoms with van der Waals surface area (Å²) in [4.78, 5) is 2.69. The first kappa shape index (κ1) is 14.3. The molecule has 4 atom stereocenters. The Morgan fingerprint density at radius 2 is 2.06 bits per heavy atom. The van der Waals surface area contributed by atoms with E-state index in [4.69, 9.17) is 4.74 Å². The van der Waals surface area contributed by atoms with Gasteiger partial charge in [0.05, 0.1) is 13.2 Å². The second-order valence-electron chi connectivity index (χ2n) is 6.34. The highest BCUT2D eigenvalue weighted by molar-refractivity contribution is 4.86. The first-order valence-electron chi connectivity index (χ1n) is 7.75. The fraction of sp³-hybridized carbons (Fsp3) is 1.00. The zero-order valence-corrected chi connectivity index (χ0v) is 12.3. The van der Waals surface area contributed by atoms with E-state index in [0.717, 1.165) is 31.7 Å². The van der Waals surface area contributed by atoms with Gasteiger partial charge in [0.25, 0.3) is 0 Å². The molecule has 4 unspecified atom stereocenters. The fourth-order valence-electron chi connectivity index (χ4n) is 3.27. The van der Waals surface area contributed by atoms with Crippen molar-refractivity contribution < 1.29 is 4.74 Å². The monoisotopic (exact) mass is 254 g/mol. The molecule has 2 fully saturated rings. The highest BCUT2D eigenvalue weighted by Crippen LogP contribution is 2.24. The van der Waals surface area contributed by atoms with Crippen molar-refractivity contribution in [3.63, 3.8) is 0 Å². The van der Waals surface area contributed by atoms with Gasteiger partial charge in [-0.05, 0) is 38.6 Å². The highest BCUT2D eigenvalue weighted by atomic mass is 16.5. The third-order valence-electron chi connectivity index (χ3n) is 4.57. The second kappa shape index (κ2) is 6.88. The van der Waals surface area contributed by atoms with Crippen molar-refractivity contribution >= 4 is 0 Å². The number of nitrogens with zero attached hydrogens (tertiary/aromatic N) is 1. The van der Waals surface area contributed by atoms with Crippen LogP contribution in [0, 0.1) is 11.8 Å². The van der Waals surface area contributed by atoms with Gasteiger partial charge in [0, 0.05) is 31.1 Å². The SMILES string of the molecule is CCCNC1COCC1CN1CC(C)CCC1C. The molecule has 0 aromatic carbocycles. The highest BCUT2D eigenvalue weighted by Gasteiger charge is 2.32.